The summed E-state index contributed by atoms with van der Waals surface area (Å²) < 4.78 is 120. The number of hydrogen-bond donors (Lipinski definition) is 0. The molecule has 0 bridgehead atoms. The third-order valence-corrected chi connectivity index (χ3v) is 8.07. The van der Waals surface area contributed by atoms with Crippen LogP contribution in [0, 0.1) is 40.8 Å². The summed E-state index contributed by atoms with van der Waals surface area (Å²) in [5.41, 5.74) is -0.848. The monoisotopic (exact) mass is 604 g/mol. The van der Waals surface area contributed by atoms with Gasteiger partial charge in [-0.05, 0) is 102 Å². The first-order valence-corrected chi connectivity index (χ1v) is 14.1. The van der Waals surface area contributed by atoms with Gasteiger partial charge in [-0.3, -0.25) is 0 Å². The molecule has 0 saturated heterocycles. The molecule has 5 rings (SSSR count). The van der Waals surface area contributed by atoms with E-state index in [4.69, 9.17) is 4.74 Å². The molecular formula is C34H28F8O. The molecule has 0 aliphatic heterocycles. The van der Waals surface area contributed by atoms with Crippen LogP contribution in [-0.4, -0.2) is 0 Å². The van der Waals surface area contributed by atoms with Crippen LogP contribution in [0.15, 0.2) is 66.7 Å². The van der Waals surface area contributed by atoms with Gasteiger partial charge in [0, 0.05) is 5.56 Å². The van der Waals surface area contributed by atoms with E-state index < -0.39 is 46.6 Å². The van der Waals surface area contributed by atoms with E-state index in [-0.39, 0.29) is 22.8 Å². The van der Waals surface area contributed by atoms with E-state index in [9.17, 15) is 26.3 Å². The molecule has 226 valence electrons. The van der Waals surface area contributed by atoms with Crippen molar-refractivity contribution in [1.82, 2.24) is 0 Å². The number of benzene rings is 4. The van der Waals surface area contributed by atoms with Crippen LogP contribution in [-0.2, 0) is 6.11 Å². The van der Waals surface area contributed by atoms with Crippen molar-refractivity contribution in [2.24, 2.45) is 5.92 Å². The number of hydrogen-bond acceptors (Lipinski definition) is 1. The standard InChI is InChI=1S/C34H28F8O/c1-2-3-19-4-6-21(7-5-19)23-15-28(36)32(29(37)16-23)34(41,42)43-25-11-8-20(9-12-25)22-10-13-26(27(35)14-22)24-17-30(38)33(40)31(39)18-24/h8-19,21H,2-7H2,1H3. The molecule has 1 fully saturated rings. The molecule has 0 N–H and O–H groups in total. The number of ether oxygens (including phenoxy) is 1. The molecule has 0 atom stereocenters. The maximum absolute atomic E-state index is 15.0. The van der Waals surface area contributed by atoms with Gasteiger partial charge in [-0.1, -0.05) is 44.0 Å². The van der Waals surface area contributed by atoms with Gasteiger partial charge >= 0.3 is 6.11 Å². The summed E-state index contributed by atoms with van der Waals surface area (Å²) in [5.74, 6) is -8.14. The van der Waals surface area contributed by atoms with Crippen molar-refractivity contribution in [2.75, 3.05) is 0 Å². The first-order chi connectivity index (χ1) is 20.5. The summed E-state index contributed by atoms with van der Waals surface area (Å²) in [6.45, 7) is 2.11. The Morgan fingerprint density at radius 3 is 1.77 bits per heavy atom. The third-order valence-electron chi connectivity index (χ3n) is 8.07. The first kappa shape index (κ1) is 30.6. The van der Waals surface area contributed by atoms with Crippen molar-refractivity contribution in [3.05, 3.63) is 113 Å². The molecule has 4 aromatic carbocycles. The Labute approximate surface area is 244 Å². The smallest absolute Gasteiger partial charge is 0.429 e. The molecule has 1 aliphatic rings. The normalized spacial score (nSPS) is 17.2. The van der Waals surface area contributed by atoms with Crippen LogP contribution in [0.1, 0.15) is 62.5 Å². The lowest BCUT2D eigenvalue weighted by Crippen LogP contribution is -2.25. The highest BCUT2D eigenvalue weighted by atomic mass is 19.3. The molecule has 0 aromatic heterocycles. The van der Waals surface area contributed by atoms with Crippen LogP contribution in [0.5, 0.6) is 5.75 Å². The van der Waals surface area contributed by atoms with Crippen LogP contribution in [0.4, 0.5) is 35.1 Å². The predicted molar refractivity (Wildman–Crippen MR) is 148 cm³/mol. The molecule has 43 heavy (non-hydrogen) atoms. The quantitative estimate of drug-likeness (QED) is 0.144. The first-order valence-electron chi connectivity index (χ1n) is 14.1. The molecule has 4 aromatic rings. The van der Waals surface area contributed by atoms with Gasteiger partial charge in [-0.15, -0.1) is 0 Å². The predicted octanol–water partition coefficient (Wildman–Crippen LogP) is 11.1. The van der Waals surface area contributed by atoms with Gasteiger partial charge in [-0.2, -0.15) is 8.78 Å². The van der Waals surface area contributed by atoms with E-state index in [2.05, 4.69) is 6.92 Å². The van der Waals surface area contributed by atoms with Gasteiger partial charge in [0.05, 0.1) is 0 Å². The Balaban J connectivity index is 1.30. The van der Waals surface area contributed by atoms with Crippen molar-refractivity contribution >= 4 is 0 Å². The highest BCUT2D eigenvalue weighted by Gasteiger charge is 2.41. The Hall–Kier alpha value is -3.88. The highest BCUT2D eigenvalue weighted by molar-refractivity contribution is 5.71. The van der Waals surface area contributed by atoms with E-state index in [0.717, 1.165) is 68.9 Å². The molecule has 0 amide bonds. The Bertz CT molecular complexity index is 1560. The van der Waals surface area contributed by atoms with Crippen LogP contribution >= 0.6 is 0 Å². The number of alkyl halides is 2. The minimum Gasteiger partial charge on any atom is -0.429 e. The van der Waals surface area contributed by atoms with Crippen LogP contribution in [0.25, 0.3) is 22.3 Å². The summed E-state index contributed by atoms with van der Waals surface area (Å²) in [6, 6.07) is 11.9. The van der Waals surface area contributed by atoms with Gasteiger partial charge < -0.3 is 4.74 Å². The average Bonchev–Trinajstić information content (AvgIpc) is 2.96. The Morgan fingerprint density at radius 1 is 0.651 bits per heavy atom. The number of rotatable bonds is 8. The lowest BCUT2D eigenvalue weighted by atomic mass is 9.77. The Kier molecular flexibility index (Phi) is 8.81. The minimum atomic E-state index is -4.32. The summed E-state index contributed by atoms with van der Waals surface area (Å²) in [7, 11) is 0. The summed E-state index contributed by atoms with van der Waals surface area (Å²) in [5, 5.41) is 0. The molecule has 0 heterocycles. The molecule has 9 heteroatoms. The lowest BCUT2D eigenvalue weighted by Gasteiger charge is -2.29. The summed E-state index contributed by atoms with van der Waals surface area (Å²) in [6.07, 6.45) is 1.22. The Morgan fingerprint density at radius 2 is 1.21 bits per heavy atom. The lowest BCUT2D eigenvalue weighted by molar-refractivity contribution is -0.189. The van der Waals surface area contributed by atoms with Gasteiger partial charge in [0.2, 0.25) is 0 Å². The second kappa shape index (κ2) is 12.4. The van der Waals surface area contributed by atoms with Gasteiger partial charge in [0.15, 0.2) is 17.5 Å². The average molecular weight is 605 g/mol. The van der Waals surface area contributed by atoms with Gasteiger partial charge in [0.1, 0.15) is 28.8 Å². The fraction of sp³-hybridized carbons (Fsp3) is 0.294. The fourth-order valence-electron chi connectivity index (χ4n) is 5.85. The zero-order valence-corrected chi connectivity index (χ0v) is 23.2. The van der Waals surface area contributed by atoms with Gasteiger partial charge in [-0.25, -0.2) is 26.3 Å². The third kappa shape index (κ3) is 6.55. The van der Waals surface area contributed by atoms with Crippen molar-refractivity contribution in [2.45, 2.75) is 57.5 Å². The summed E-state index contributed by atoms with van der Waals surface area (Å²) >= 11 is 0. The van der Waals surface area contributed by atoms with Crippen molar-refractivity contribution < 1.29 is 39.9 Å². The van der Waals surface area contributed by atoms with E-state index in [0.29, 0.717) is 34.7 Å². The maximum atomic E-state index is 15.0. The molecule has 1 aliphatic carbocycles. The van der Waals surface area contributed by atoms with E-state index in [1.54, 1.807) is 0 Å². The zero-order chi connectivity index (χ0) is 30.9. The van der Waals surface area contributed by atoms with Crippen LogP contribution in [0.3, 0.4) is 0 Å². The van der Waals surface area contributed by atoms with Gasteiger partial charge in [0.25, 0.3) is 0 Å². The fourth-order valence-corrected chi connectivity index (χ4v) is 5.85. The zero-order valence-electron chi connectivity index (χ0n) is 23.2. The molecule has 0 unspecified atom stereocenters. The van der Waals surface area contributed by atoms with E-state index in [1.165, 1.54) is 24.3 Å². The van der Waals surface area contributed by atoms with E-state index in [1.807, 2.05) is 0 Å². The summed E-state index contributed by atoms with van der Waals surface area (Å²) in [4.78, 5) is 0. The second-order valence-corrected chi connectivity index (χ2v) is 11.0. The largest absolute Gasteiger partial charge is 0.432 e. The number of halogens is 8. The maximum Gasteiger partial charge on any atom is 0.432 e. The van der Waals surface area contributed by atoms with Crippen LogP contribution < -0.4 is 4.74 Å². The molecule has 0 radical (unpaired) electrons. The SMILES string of the molecule is CCCC1CCC(c2cc(F)c(C(F)(F)Oc3ccc(-c4ccc(-c5cc(F)c(F)c(F)c5)c(F)c4)cc3)c(F)c2)CC1. The molecule has 1 saturated carbocycles. The van der Waals surface area contributed by atoms with Crippen molar-refractivity contribution in [3.8, 4) is 28.0 Å². The van der Waals surface area contributed by atoms with Crippen molar-refractivity contribution in [3.63, 3.8) is 0 Å². The van der Waals surface area contributed by atoms with Crippen molar-refractivity contribution in [1.29, 1.82) is 0 Å². The molecule has 1 nitrogen and oxygen atoms in total. The highest BCUT2D eigenvalue weighted by Crippen LogP contribution is 2.41. The van der Waals surface area contributed by atoms with Crippen LogP contribution in [0.2, 0.25) is 0 Å². The molecule has 0 spiro atoms. The second-order valence-electron chi connectivity index (χ2n) is 11.0. The van der Waals surface area contributed by atoms with E-state index >= 15 is 8.78 Å². The molecular weight excluding hydrogens is 576 g/mol. The topological polar surface area (TPSA) is 9.23 Å². The minimum absolute atomic E-state index is 0.0924.